The van der Waals surface area contributed by atoms with Crippen molar-refractivity contribution in [1.29, 1.82) is 0 Å². The van der Waals surface area contributed by atoms with Crippen LogP contribution in [0.4, 0.5) is 10.5 Å². The number of likely N-dealkylation sites (N-methyl/N-ethyl adjacent to an activating group) is 1. The van der Waals surface area contributed by atoms with Crippen LogP contribution in [-0.4, -0.2) is 44.3 Å². The molecule has 6 heteroatoms. The van der Waals surface area contributed by atoms with Crippen LogP contribution in [0.1, 0.15) is 18.9 Å². The predicted molar refractivity (Wildman–Crippen MR) is 110 cm³/mol. The molecule has 1 saturated heterocycles. The molecule has 0 bridgehead atoms. The summed E-state index contributed by atoms with van der Waals surface area (Å²) in [7, 11) is 2.10. The van der Waals surface area contributed by atoms with Gasteiger partial charge >= 0.3 is 6.09 Å². The fourth-order valence-electron chi connectivity index (χ4n) is 3.51. The number of amides is 1. The predicted octanol–water partition coefficient (Wildman–Crippen LogP) is 4.33. The molecule has 1 atom stereocenters. The first-order valence-electron chi connectivity index (χ1n) is 9.03. The minimum atomic E-state index is -0.456. The third-order valence-electron chi connectivity index (χ3n) is 4.83. The molecule has 1 fully saturated rings. The molecule has 2 aromatic carbocycles. The molecule has 1 heterocycles. The van der Waals surface area contributed by atoms with E-state index >= 15 is 0 Å². The summed E-state index contributed by atoms with van der Waals surface area (Å²) in [5.74, 6) is 0.644. The smallest absolute Gasteiger partial charge is 0.411 e. The topological polar surface area (TPSA) is 50.8 Å². The van der Waals surface area contributed by atoms with Crippen molar-refractivity contribution in [3.63, 3.8) is 0 Å². The van der Waals surface area contributed by atoms with E-state index in [0.717, 1.165) is 19.5 Å². The van der Waals surface area contributed by atoms with Crippen molar-refractivity contribution in [3.8, 4) is 5.75 Å². The Morgan fingerprint density at radius 1 is 1.15 bits per heavy atom. The Balaban J connectivity index is 0.00000261. The molecule has 5 nitrogen and oxygen atoms in total. The number of benzene rings is 2. The van der Waals surface area contributed by atoms with Crippen LogP contribution in [0.15, 0.2) is 54.6 Å². The molecule has 0 aromatic heterocycles. The lowest BCUT2D eigenvalue weighted by Crippen LogP contribution is -2.36. The van der Waals surface area contributed by atoms with Crippen LogP contribution < -0.4 is 10.1 Å². The van der Waals surface area contributed by atoms with Crippen LogP contribution in [0.5, 0.6) is 5.75 Å². The maximum Gasteiger partial charge on any atom is 0.411 e. The zero-order valence-electron chi connectivity index (χ0n) is 15.8. The summed E-state index contributed by atoms with van der Waals surface area (Å²) < 4.78 is 11.2. The fourth-order valence-corrected chi connectivity index (χ4v) is 3.51. The van der Waals surface area contributed by atoms with Crippen molar-refractivity contribution in [2.75, 3.05) is 38.7 Å². The Bertz CT molecular complexity index is 741. The summed E-state index contributed by atoms with van der Waals surface area (Å²) in [6.07, 6.45) is 0.512. The minimum Gasteiger partial charge on any atom is -0.492 e. The van der Waals surface area contributed by atoms with E-state index in [9.17, 15) is 4.79 Å². The van der Waals surface area contributed by atoms with Crippen LogP contribution in [0.25, 0.3) is 0 Å². The Kier molecular flexibility index (Phi) is 7.51. The van der Waals surface area contributed by atoms with E-state index in [-0.39, 0.29) is 17.8 Å². The standard InChI is InChI=1S/C21H26N2O3.ClH/c1-3-25-19-12-8-7-11-18(19)22-20(24)26-16-21(13-14-23(2)15-21)17-9-5-4-6-10-17;/h4-12H,3,13-16H2,1-2H3,(H,22,24);1H. The Labute approximate surface area is 167 Å². The average Bonchev–Trinajstić information content (AvgIpc) is 3.05. The van der Waals surface area contributed by atoms with Gasteiger partial charge in [-0.25, -0.2) is 4.79 Å². The summed E-state index contributed by atoms with van der Waals surface area (Å²) >= 11 is 0. The third-order valence-corrected chi connectivity index (χ3v) is 4.83. The number of carbonyl (C=O) groups is 1. The molecule has 1 unspecified atom stereocenters. The molecular formula is C21H27ClN2O3. The van der Waals surface area contributed by atoms with Crippen LogP contribution >= 0.6 is 12.4 Å². The first kappa shape index (κ1) is 21.1. The molecule has 3 rings (SSSR count). The number of hydrogen-bond donors (Lipinski definition) is 1. The van der Waals surface area contributed by atoms with Gasteiger partial charge in [-0.1, -0.05) is 42.5 Å². The van der Waals surface area contributed by atoms with E-state index in [4.69, 9.17) is 9.47 Å². The molecule has 27 heavy (non-hydrogen) atoms. The summed E-state index contributed by atoms with van der Waals surface area (Å²) in [4.78, 5) is 14.7. The second-order valence-corrected chi connectivity index (χ2v) is 6.76. The van der Waals surface area contributed by atoms with Crippen LogP contribution in [0, 0.1) is 0 Å². The molecular weight excluding hydrogens is 364 g/mol. The molecule has 1 aliphatic rings. The van der Waals surface area contributed by atoms with Crippen LogP contribution in [0.3, 0.4) is 0 Å². The van der Waals surface area contributed by atoms with Crippen molar-refractivity contribution in [2.45, 2.75) is 18.8 Å². The molecule has 1 N–H and O–H groups in total. The normalized spacial score (nSPS) is 19.2. The lowest BCUT2D eigenvalue weighted by atomic mass is 9.80. The molecule has 0 aliphatic carbocycles. The molecule has 0 radical (unpaired) electrons. The second kappa shape index (κ2) is 9.62. The van der Waals surface area contributed by atoms with Crippen molar-refractivity contribution < 1.29 is 14.3 Å². The van der Waals surface area contributed by atoms with E-state index in [0.29, 0.717) is 24.7 Å². The number of ether oxygens (including phenoxy) is 2. The molecule has 2 aromatic rings. The monoisotopic (exact) mass is 390 g/mol. The van der Waals surface area contributed by atoms with Gasteiger partial charge in [0.25, 0.3) is 0 Å². The highest BCUT2D eigenvalue weighted by Gasteiger charge is 2.39. The van der Waals surface area contributed by atoms with Gasteiger partial charge in [-0.2, -0.15) is 0 Å². The molecule has 1 amide bonds. The van der Waals surface area contributed by atoms with Gasteiger partial charge in [0, 0.05) is 12.0 Å². The van der Waals surface area contributed by atoms with Crippen molar-refractivity contribution in [3.05, 3.63) is 60.2 Å². The number of nitrogens with zero attached hydrogens (tertiary/aromatic N) is 1. The summed E-state index contributed by atoms with van der Waals surface area (Å²) in [6.45, 7) is 4.67. The molecule has 146 valence electrons. The minimum absolute atomic E-state index is 0. The quantitative estimate of drug-likeness (QED) is 0.797. The first-order chi connectivity index (χ1) is 12.6. The van der Waals surface area contributed by atoms with Gasteiger partial charge in [0.1, 0.15) is 12.4 Å². The Morgan fingerprint density at radius 2 is 1.85 bits per heavy atom. The van der Waals surface area contributed by atoms with E-state index in [1.165, 1.54) is 5.56 Å². The number of carbonyl (C=O) groups excluding carboxylic acids is 1. The lowest BCUT2D eigenvalue weighted by Gasteiger charge is -2.29. The SMILES string of the molecule is CCOc1ccccc1NC(=O)OCC1(c2ccccc2)CCN(C)C1.Cl. The van der Waals surface area contributed by atoms with Crippen molar-refractivity contribution in [1.82, 2.24) is 4.90 Å². The largest absolute Gasteiger partial charge is 0.492 e. The van der Waals surface area contributed by atoms with Gasteiger partial charge in [0.15, 0.2) is 0 Å². The Morgan fingerprint density at radius 3 is 2.52 bits per heavy atom. The second-order valence-electron chi connectivity index (χ2n) is 6.76. The average molecular weight is 391 g/mol. The number of halogens is 1. The van der Waals surface area contributed by atoms with E-state index in [1.54, 1.807) is 0 Å². The molecule has 1 aliphatic heterocycles. The van der Waals surface area contributed by atoms with E-state index < -0.39 is 6.09 Å². The van der Waals surface area contributed by atoms with Crippen LogP contribution in [0.2, 0.25) is 0 Å². The number of nitrogens with one attached hydrogen (secondary N) is 1. The highest BCUT2D eigenvalue weighted by Crippen LogP contribution is 2.34. The van der Waals surface area contributed by atoms with E-state index in [1.807, 2.05) is 49.4 Å². The summed E-state index contributed by atoms with van der Waals surface area (Å²) in [5.41, 5.74) is 1.68. The highest BCUT2D eigenvalue weighted by molar-refractivity contribution is 5.86. The van der Waals surface area contributed by atoms with Gasteiger partial charge in [0.2, 0.25) is 0 Å². The fraction of sp³-hybridized carbons (Fsp3) is 0.381. The summed E-state index contributed by atoms with van der Waals surface area (Å²) in [6, 6.07) is 17.7. The number of anilines is 1. The molecule has 0 spiro atoms. The first-order valence-corrected chi connectivity index (χ1v) is 9.03. The van der Waals surface area contributed by atoms with Crippen molar-refractivity contribution in [2.24, 2.45) is 0 Å². The lowest BCUT2D eigenvalue weighted by molar-refractivity contribution is 0.129. The number of hydrogen-bond acceptors (Lipinski definition) is 4. The van der Waals surface area contributed by atoms with Crippen molar-refractivity contribution >= 4 is 24.2 Å². The number of likely N-dealkylation sites (tertiary alicyclic amines) is 1. The molecule has 0 saturated carbocycles. The van der Waals surface area contributed by atoms with Gasteiger partial charge in [-0.15, -0.1) is 12.4 Å². The van der Waals surface area contributed by atoms with Gasteiger partial charge in [-0.3, -0.25) is 5.32 Å². The number of para-hydroxylation sites is 2. The van der Waals surface area contributed by atoms with Gasteiger partial charge in [0.05, 0.1) is 12.3 Å². The third kappa shape index (κ3) is 5.15. The zero-order chi connectivity index (χ0) is 18.4. The highest BCUT2D eigenvalue weighted by atomic mass is 35.5. The van der Waals surface area contributed by atoms with Gasteiger partial charge < -0.3 is 14.4 Å². The number of rotatable bonds is 6. The van der Waals surface area contributed by atoms with Gasteiger partial charge in [-0.05, 0) is 44.6 Å². The maximum absolute atomic E-state index is 12.4. The maximum atomic E-state index is 12.4. The summed E-state index contributed by atoms with van der Waals surface area (Å²) in [5, 5.41) is 2.80. The van der Waals surface area contributed by atoms with Crippen LogP contribution in [-0.2, 0) is 10.2 Å². The Hall–Kier alpha value is -2.24. The van der Waals surface area contributed by atoms with E-state index in [2.05, 4.69) is 29.4 Å². The zero-order valence-corrected chi connectivity index (χ0v) is 16.6.